The van der Waals surface area contributed by atoms with Gasteiger partial charge in [0, 0.05) is 19.3 Å². The molecule has 0 unspecified atom stereocenters. The number of hydrogen-bond acceptors (Lipinski definition) is 3. The third kappa shape index (κ3) is 3.63. The lowest BCUT2D eigenvalue weighted by Gasteiger charge is -2.14. The summed E-state index contributed by atoms with van der Waals surface area (Å²) in [7, 11) is 1.67. The lowest BCUT2D eigenvalue weighted by molar-refractivity contribution is -0.128. The van der Waals surface area contributed by atoms with Crippen LogP contribution in [-0.2, 0) is 4.79 Å². The molecule has 1 rings (SSSR count). The minimum atomic E-state index is -0.391. The van der Waals surface area contributed by atoms with Gasteiger partial charge in [0.2, 0.25) is 5.91 Å². The maximum Gasteiger partial charge on any atom is 0.253 e. The summed E-state index contributed by atoms with van der Waals surface area (Å²) in [6, 6.07) is 4.61. The van der Waals surface area contributed by atoms with E-state index in [2.05, 4.69) is 5.32 Å². The summed E-state index contributed by atoms with van der Waals surface area (Å²) in [5, 5.41) is 2.79. The molecule has 0 spiro atoms. The van der Waals surface area contributed by atoms with Crippen LogP contribution in [0.1, 0.15) is 17.3 Å². The van der Waals surface area contributed by atoms with Crippen LogP contribution in [0.15, 0.2) is 18.2 Å². The van der Waals surface area contributed by atoms with Gasteiger partial charge in [-0.15, -0.1) is 0 Å². The topological polar surface area (TPSA) is 75.4 Å². The summed E-state index contributed by atoms with van der Waals surface area (Å²) in [5.41, 5.74) is 6.32. The molecule has 0 heterocycles. The molecule has 0 aliphatic heterocycles. The number of benzene rings is 1. The summed E-state index contributed by atoms with van der Waals surface area (Å²) >= 11 is 5.89. The predicted molar refractivity (Wildman–Crippen MR) is 71.5 cm³/mol. The molecule has 0 bridgehead atoms. The lowest BCUT2D eigenvalue weighted by Crippen LogP contribution is -2.38. The largest absolute Gasteiger partial charge is 0.399 e. The molecule has 0 aromatic heterocycles. The molecule has 0 fully saturated rings. The molecular weight excluding hydrogens is 254 g/mol. The number of rotatable bonds is 4. The number of nitrogens with one attached hydrogen (secondary N) is 1. The number of nitrogens with zero attached hydrogens (tertiary/aromatic N) is 1. The first-order valence-corrected chi connectivity index (χ1v) is 5.90. The number of amides is 2. The normalized spacial score (nSPS) is 9.94. The number of carbonyl (C=O) groups is 2. The zero-order chi connectivity index (χ0) is 13.7. The molecule has 0 saturated carbocycles. The van der Waals surface area contributed by atoms with Crippen molar-refractivity contribution in [3.05, 3.63) is 28.8 Å². The van der Waals surface area contributed by atoms with Crippen LogP contribution in [0.25, 0.3) is 0 Å². The quantitative estimate of drug-likeness (QED) is 0.805. The van der Waals surface area contributed by atoms with Crippen molar-refractivity contribution in [3.8, 4) is 0 Å². The summed E-state index contributed by atoms with van der Waals surface area (Å²) in [6.07, 6.45) is 0. The third-order valence-corrected chi connectivity index (χ3v) is 2.85. The number of anilines is 1. The van der Waals surface area contributed by atoms with E-state index < -0.39 is 5.91 Å². The Morgan fingerprint density at radius 3 is 2.67 bits per heavy atom. The third-order valence-electron chi connectivity index (χ3n) is 2.54. The van der Waals surface area contributed by atoms with E-state index in [1.54, 1.807) is 13.1 Å². The van der Waals surface area contributed by atoms with Gasteiger partial charge in [0.1, 0.15) is 0 Å². The first-order chi connectivity index (χ1) is 8.45. The van der Waals surface area contributed by atoms with Crippen LogP contribution in [0.3, 0.4) is 0 Å². The Bertz CT molecular complexity index is 463. The van der Waals surface area contributed by atoms with Crippen molar-refractivity contribution in [1.82, 2.24) is 10.2 Å². The molecule has 0 aliphatic carbocycles. The van der Waals surface area contributed by atoms with Gasteiger partial charge in [-0.1, -0.05) is 11.6 Å². The summed E-state index contributed by atoms with van der Waals surface area (Å²) < 4.78 is 0. The van der Waals surface area contributed by atoms with Gasteiger partial charge >= 0.3 is 0 Å². The average Bonchev–Trinajstić information content (AvgIpc) is 2.34. The standard InChI is InChI=1S/C12H16ClN3O2/c1-3-16(2)11(17)7-15-12(18)9-5-4-8(14)6-10(9)13/h4-6H,3,7,14H2,1-2H3,(H,15,18). The Balaban J connectivity index is 2.63. The fourth-order valence-corrected chi connectivity index (χ4v) is 1.55. The monoisotopic (exact) mass is 269 g/mol. The SMILES string of the molecule is CCN(C)C(=O)CNC(=O)c1ccc(N)cc1Cl. The fourth-order valence-electron chi connectivity index (χ4n) is 1.28. The Morgan fingerprint density at radius 2 is 2.11 bits per heavy atom. The van der Waals surface area contributed by atoms with Crippen molar-refractivity contribution in [3.63, 3.8) is 0 Å². The number of hydrogen-bond donors (Lipinski definition) is 2. The second-order valence-electron chi connectivity index (χ2n) is 3.83. The van der Waals surface area contributed by atoms with Crippen molar-refractivity contribution in [1.29, 1.82) is 0 Å². The van der Waals surface area contributed by atoms with Crippen molar-refractivity contribution >= 4 is 29.1 Å². The Morgan fingerprint density at radius 1 is 1.44 bits per heavy atom. The van der Waals surface area contributed by atoms with E-state index >= 15 is 0 Å². The Hall–Kier alpha value is -1.75. The van der Waals surface area contributed by atoms with Gasteiger partial charge in [-0.25, -0.2) is 0 Å². The lowest BCUT2D eigenvalue weighted by atomic mass is 10.2. The van der Waals surface area contributed by atoms with Gasteiger partial charge < -0.3 is 16.0 Å². The molecule has 1 aromatic rings. The Kier molecular flexibility index (Phi) is 4.97. The smallest absolute Gasteiger partial charge is 0.253 e. The molecule has 18 heavy (non-hydrogen) atoms. The van der Waals surface area contributed by atoms with Crippen LogP contribution >= 0.6 is 11.6 Å². The highest BCUT2D eigenvalue weighted by Crippen LogP contribution is 2.18. The van der Waals surface area contributed by atoms with E-state index in [4.69, 9.17) is 17.3 Å². The zero-order valence-electron chi connectivity index (χ0n) is 10.4. The van der Waals surface area contributed by atoms with Crippen molar-refractivity contribution in [2.45, 2.75) is 6.92 Å². The van der Waals surface area contributed by atoms with E-state index in [9.17, 15) is 9.59 Å². The number of carbonyl (C=O) groups excluding carboxylic acids is 2. The summed E-state index contributed by atoms with van der Waals surface area (Å²) in [4.78, 5) is 24.8. The predicted octanol–water partition coefficient (Wildman–Crippen LogP) is 1.13. The maximum absolute atomic E-state index is 11.8. The van der Waals surface area contributed by atoms with Crippen LogP contribution in [0, 0.1) is 0 Å². The maximum atomic E-state index is 11.8. The molecule has 1 aromatic carbocycles. The molecular formula is C12H16ClN3O2. The van der Waals surface area contributed by atoms with Crippen LogP contribution in [0.2, 0.25) is 5.02 Å². The molecule has 0 radical (unpaired) electrons. The minimum absolute atomic E-state index is 0.0517. The highest BCUT2D eigenvalue weighted by atomic mass is 35.5. The molecule has 6 heteroatoms. The molecule has 0 aliphatic rings. The summed E-state index contributed by atoms with van der Waals surface area (Å²) in [6.45, 7) is 2.40. The van der Waals surface area contributed by atoms with Gasteiger partial charge in [0.05, 0.1) is 17.1 Å². The van der Waals surface area contributed by atoms with Crippen LogP contribution in [0.4, 0.5) is 5.69 Å². The van der Waals surface area contributed by atoms with Gasteiger partial charge in [-0.3, -0.25) is 9.59 Å². The molecule has 0 atom stereocenters. The van der Waals surface area contributed by atoms with E-state index in [0.717, 1.165) is 0 Å². The van der Waals surface area contributed by atoms with E-state index in [-0.39, 0.29) is 17.5 Å². The molecule has 98 valence electrons. The van der Waals surface area contributed by atoms with Crippen LogP contribution in [0.5, 0.6) is 0 Å². The molecule has 2 amide bonds. The summed E-state index contributed by atoms with van der Waals surface area (Å²) in [5.74, 6) is -0.546. The van der Waals surface area contributed by atoms with E-state index in [0.29, 0.717) is 17.8 Å². The van der Waals surface area contributed by atoms with E-state index in [1.807, 2.05) is 6.92 Å². The number of halogens is 1. The van der Waals surface area contributed by atoms with Gasteiger partial charge in [0.25, 0.3) is 5.91 Å². The van der Waals surface area contributed by atoms with Crippen LogP contribution < -0.4 is 11.1 Å². The Labute approximate surface area is 111 Å². The van der Waals surface area contributed by atoms with Crippen molar-refractivity contribution in [2.24, 2.45) is 0 Å². The highest BCUT2D eigenvalue weighted by molar-refractivity contribution is 6.34. The highest BCUT2D eigenvalue weighted by Gasteiger charge is 2.13. The first kappa shape index (κ1) is 14.3. The first-order valence-electron chi connectivity index (χ1n) is 5.53. The van der Waals surface area contributed by atoms with E-state index in [1.165, 1.54) is 17.0 Å². The second kappa shape index (κ2) is 6.26. The average molecular weight is 270 g/mol. The molecule has 5 nitrogen and oxygen atoms in total. The van der Waals surface area contributed by atoms with Gasteiger partial charge in [0.15, 0.2) is 0 Å². The van der Waals surface area contributed by atoms with Gasteiger partial charge in [-0.05, 0) is 25.1 Å². The number of nitrogen functional groups attached to an aromatic ring is 1. The number of likely N-dealkylation sites (N-methyl/N-ethyl adjacent to an activating group) is 1. The second-order valence-corrected chi connectivity index (χ2v) is 4.24. The van der Waals surface area contributed by atoms with Crippen molar-refractivity contribution in [2.75, 3.05) is 25.9 Å². The number of nitrogens with two attached hydrogens (primary N) is 1. The molecule has 0 saturated heterocycles. The van der Waals surface area contributed by atoms with Crippen molar-refractivity contribution < 1.29 is 9.59 Å². The fraction of sp³-hybridized carbons (Fsp3) is 0.333. The molecule has 3 N–H and O–H groups in total. The van der Waals surface area contributed by atoms with Gasteiger partial charge in [-0.2, -0.15) is 0 Å². The van der Waals surface area contributed by atoms with Crippen LogP contribution in [-0.4, -0.2) is 36.9 Å². The zero-order valence-corrected chi connectivity index (χ0v) is 11.1. The minimum Gasteiger partial charge on any atom is -0.399 e.